The Balaban J connectivity index is 1.08. The molecular weight excluding hydrogens is 668 g/mol. The summed E-state index contributed by atoms with van der Waals surface area (Å²) in [6.07, 6.45) is 14.7. The van der Waals surface area contributed by atoms with Gasteiger partial charge in [-0.25, -0.2) is 4.98 Å². The molecule has 1 saturated heterocycles. The fraction of sp³-hybridized carbons (Fsp3) is 0.581. The van der Waals surface area contributed by atoms with Gasteiger partial charge in [-0.05, 0) is 122 Å². The van der Waals surface area contributed by atoms with Gasteiger partial charge in [0.15, 0.2) is 17.3 Å². The number of nitrogens with zero attached hydrogens (tertiary/aromatic N) is 2. The Hall–Kier alpha value is -4.04. The van der Waals surface area contributed by atoms with Crippen LogP contribution in [0, 0.1) is 29.6 Å². The number of nitrogen functional groups attached to an aromatic ring is 1. The minimum absolute atomic E-state index is 0.00615. The fourth-order valence-electron chi connectivity index (χ4n) is 8.71. The third-order valence-electron chi connectivity index (χ3n) is 11.8. The summed E-state index contributed by atoms with van der Waals surface area (Å²) in [7, 11) is 1.50. The highest BCUT2D eigenvalue weighted by atomic mass is 16.5. The highest BCUT2D eigenvalue weighted by Gasteiger charge is 2.34. The molecule has 0 radical (unpaired) electrons. The Morgan fingerprint density at radius 2 is 1.91 bits per heavy atom. The van der Waals surface area contributed by atoms with Crippen LogP contribution in [0.2, 0.25) is 0 Å². The number of unbranched alkanes of at least 4 members (excludes halogenated alkanes) is 1. The van der Waals surface area contributed by atoms with Crippen LogP contribution in [-0.4, -0.2) is 76.5 Å². The number of aromatic hydroxyl groups is 1. The highest BCUT2D eigenvalue weighted by molar-refractivity contribution is 5.85. The van der Waals surface area contributed by atoms with Crippen LogP contribution in [0.5, 0.6) is 11.5 Å². The number of ketones is 2. The largest absolute Gasteiger partial charge is 0.504 e. The van der Waals surface area contributed by atoms with E-state index >= 15 is 0 Å². The Bertz CT molecular complexity index is 1740. The number of hydrogen-bond donors (Lipinski definition) is 5. The van der Waals surface area contributed by atoms with E-state index in [0.717, 1.165) is 72.9 Å². The lowest BCUT2D eigenvalue weighted by molar-refractivity contribution is -0.124. The van der Waals surface area contributed by atoms with Gasteiger partial charge in [-0.2, -0.15) is 0 Å². The number of aryl methyl sites for hydroxylation is 2. The fourth-order valence-corrected chi connectivity index (χ4v) is 8.71. The van der Waals surface area contributed by atoms with Crippen molar-refractivity contribution in [3.05, 3.63) is 58.3 Å². The molecule has 3 heterocycles. The van der Waals surface area contributed by atoms with Crippen molar-refractivity contribution in [1.82, 2.24) is 10.3 Å². The first kappa shape index (κ1) is 38.7. The molecule has 2 fully saturated rings. The SMILES string of the molecule is COc1cc2c(cc1O)C(CCC(O)CCc1cc(N)ncc1CC1=CCN=C1)C#CC(C(O)CCCCC1CNC3CC(=O)CCC3C1)C(=O)CC2. The van der Waals surface area contributed by atoms with E-state index in [-0.39, 0.29) is 23.9 Å². The maximum absolute atomic E-state index is 13.5. The number of nitrogens with two attached hydrogens (primary N) is 1. The van der Waals surface area contributed by atoms with E-state index in [1.54, 1.807) is 12.1 Å². The normalized spacial score (nSPS) is 25.2. The van der Waals surface area contributed by atoms with Crippen LogP contribution >= 0.6 is 0 Å². The third kappa shape index (κ3) is 10.3. The molecule has 53 heavy (non-hydrogen) atoms. The summed E-state index contributed by atoms with van der Waals surface area (Å²) in [6, 6.07) is 5.69. The molecule has 1 aromatic carbocycles. The van der Waals surface area contributed by atoms with Gasteiger partial charge in [0.1, 0.15) is 17.5 Å². The topological polar surface area (TPSA) is 167 Å². The van der Waals surface area contributed by atoms with Crippen LogP contribution in [0.1, 0.15) is 105 Å². The number of aliphatic imine (C=N–C) groups is 1. The molecule has 6 N–H and O–H groups in total. The van der Waals surface area contributed by atoms with Gasteiger partial charge < -0.3 is 31.1 Å². The molecular formula is C43H56N4O6. The first-order valence-electron chi connectivity index (χ1n) is 19.6. The van der Waals surface area contributed by atoms with E-state index in [4.69, 9.17) is 10.5 Å². The van der Waals surface area contributed by atoms with E-state index < -0.39 is 18.1 Å². The van der Waals surface area contributed by atoms with Gasteiger partial charge in [0.2, 0.25) is 0 Å². The van der Waals surface area contributed by atoms with Crippen LogP contribution in [0.15, 0.2) is 41.0 Å². The van der Waals surface area contributed by atoms with E-state index in [9.17, 15) is 24.9 Å². The third-order valence-corrected chi connectivity index (χ3v) is 11.8. The number of methoxy groups -OCH3 is 1. The molecule has 2 aliphatic heterocycles. The number of Topliss-reactive ketones (excluding diaryl/α,β-unsaturated/α-hetero) is 2. The molecule has 1 saturated carbocycles. The number of piperidine rings is 1. The van der Waals surface area contributed by atoms with E-state index in [1.807, 2.05) is 18.5 Å². The molecule has 0 bridgehead atoms. The van der Waals surface area contributed by atoms with Crippen molar-refractivity contribution in [2.75, 3.05) is 25.9 Å². The Morgan fingerprint density at radius 3 is 2.72 bits per heavy atom. The number of pyridine rings is 1. The minimum atomic E-state index is -0.864. The number of nitrogens with one attached hydrogen (secondary N) is 1. The Labute approximate surface area is 313 Å². The molecule has 10 heteroatoms. The second kappa shape index (κ2) is 18.3. The maximum Gasteiger partial charge on any atom is 0.160 e. The average molecular weight is 725 g/mol. The van der Waals surface area contributed by atoms with Gasteiger partial charge in [-0.1, -0.05) is 30.8 Å². The summed E-state index contributed by atoms with van der Waals surface area (Å²) in [5, 5.41) is 36.9. The van der Waals surface area contributed by atoms with E-state index in [0.29, 0.717) is 93.1 Å². The average Bonchev–Trinajstić information content (AvgIpc) is 3.68. The summed E-state index contributed by atoms with van der Waals surface area (Å²) in [6.45, 7) is 1.64. The van der Waals surface area contributed by atoms with E-state index in [1.165, 1.54) is 7.11 Å². The van der Waals surface area contributed by atoms with Crippen LogP contribution in [-0.2, 0) is 28.9 Å². The quantitative estimate of drug-likeness (QED) is 0.123. The van der Waals surface area contributed by atoms with Crippen LogP contribution in [0.25, 0.3) is 0 Å². The van der Waals surface area contributed by atoms with Crippen LogP contribution < -0.4 is 15.8 Å². The molecule has 7 unspecified atom stereocenters. The van der Waals surface area contributed by atoms with Crippen molar-refractivity contribution in [2.45, 2.75) is 120 Å². The number of benzene rings is 1. The number of aromatic nitrogens is 1. The number of carbonyl (C=O) groups excluding carboxylic acids is 2. The van der Waals surface area contributed by atoms with Crippen LogP contribution in [0.4, 0.5) is 5.82 Å². The summed E-state index contributed by atoms with van der Waals surface area (Å²) < 4.78 is 5.40. The second-order valence-corrected chi connectivity index (χ2v) is 15.6. The Morgan fingerprint density at radius 1 is 1.04 bits per heavy atom. The van der Waals surface area contributed by atoms with Crippen molar-refractivity contribution in [1.29, 1.82) is 0 Å². The van der Waals surface area contributed by atoms with E-state index in [2.05, 4.69) is 33.2 Å². The zero-order valence-electron chi connectivity index (χ0n) is 31.1. The first-order chi connectivity index (χ1) is 25.7. The molecule has 2 aromatic rings. The number of phenols is 1. The Kier molecular flexibility index (Phi) is 13.4. The molecule has 0 spiro atoms. The van der Waals surface area contributed by atoms with Crippen molar-refractivity contribution in [3.63, 3.8) is 0 Å². The van der Waals surface area contributed by atoms with Crippen LogP contribution in [0.3, 0.4) is 0 Å². The molecule has 4 aliphatic rings. The number of fused-ring (bicyclic) bond motifs is 2. The first-order valence-corrected chi connectivity index (χ1v) is 19.6. The summed E-state index contributed by atoms with van der Waals surface area (Å²) in [4.78, 5) is 34.0. The van der Waals surface area contributed by atoms with Crippen molar-refractivity contribution in [3.8, 4) is 23.3 Å². The highest BCUT2D eigenvalue weighted by Crippen LogP contribution is 2.37. The van der Waals surface area contributed by atoms with Crippen molar-refractivity contribution >= 4 is 23.6 Å². The molecule has 1 aromatic heterocycles. The lowest BCUT2D eigenvalue weighted by Crippen LogP contribution is -2.48. The number of allylic oxidation sites excluding steroid dienone is 1. The summed E-state index contributed by atoms with van der Waals surface area (Å²) >= 11 is 0. The number of anilines is 1. The number of aliphatic hydroxyl groups excluding tert-OH is 2. The van der Waals surface area contributed by atoms with Gasteiger partial charge in [0, 0.05) is 50.1 Å². The van der Waals surface area contributed by atoms with Crippen molar-refractivity contribution in [2.24, 2.45) is 22.7 Å². The predicted molar refractivity (Wildman–Crippen MR) is 206 cm³/mol. The molecule has 0 amide bonds. The lowest BCUT2D eigenvalue weighted by Gasteiger charge is -2.39. The summed E-state index contributed by atoms with van der Waals surface area (Å²) in [5.74, 6) is 7.62. The zero-order valence-corrected chi connectivity index (χ0v) is 31.1. The zero-order chi connectivity index (χ0) is 37.3. The number of rotatable bonds is 15. The molecule has 2 aliphatic carbocycles. The van der Waals surface area contributed by atoms with Gasteiger partial charge in [-0.15, -0.1) is 0 Å². The van der Waals surface area contributed by atoms with Gasteiger partial charge in [-0.3, -0.25) is 14.6 Å². The molecule has 6 rings (SSSR count). The van der Waals surface area contributed by atoms with Gasteiger partial charge in [0.05, 0.1) is 25.9 Å². The predicted octanol–water partition coefficient (Wildman–Crippen LogP) is 5.19. The number of hydrogen-bond acceptors (Lipinski definition) is 10. The number of carbonyl (C=O) groups is 2. The monoisotopic (exact) mass is 724 g/mol. The molecule has 10 nitrogen and oxygen atoms in total. The van der Waals surface area contributed by atoms with Gasteiger partial charge >= 0.3 is 0 Å². The number of phenolic OH excluding ortho intramolecular Hbond substituents is 1. The standard InChI is InChI=1S/C43H56N4O6/c1-53-42-20-31-10-15-40(51)36(39(50)5-3-2-4-27-18-32-8-13-35(49)22-38(32)46-25-27)14-9-29(37(31)23-41(42)52)6-11-34(48)12-7-30-21-43(44)47-26-33(30)19-28-16-17-45-24-28/h16,20-21,23-24,26-27,29,32,34,36,38-39,46,48,50,52H,2-8,10-13,15,17-19,22,25H2,1H3,(H2,44,47). The maximum atomic E-state index is 13.5. The smallest absolute Gasteiger partial charge is 0.160 e. The number of aliphatic hydroxyl groups is 2. The molecule has 7 atom stereocenters. The van der Waals surface area contributed by atoms with Crippen molar-refractivity contribution < 1.29 is 29.6 Å². The van der Waals surface area contributed by atoms with Gasteiger partial charge in [0.25, 0.3) is 0 Å². The lowest BCUT2D eigenvalue weighted by atomic mass is 9.74. The second-order valence-electron chi connectivity index (χ2n) is 15.6. The minimum Gasteiger partial charge on any atom is -0.504 e. The number of ether oxygens (including phenoxy) is 1. The summed E-state index contributed by atoms with van der Waals surface area (Å²) in [5.41, 5.74) is 11.0. The molecule has 284 valence electrons.